The Balaban J connectivity index is 1.46. The highest BCUT2D eigenvalue weighted by molar-refractivity contribution is 9.10. The molecule has 0 spiro atoms. The number of halogens is 2. The Morgan fingerprint density at radius 3 is 2.62 bits per heavy atom. The molecule has 2 aromatic heterocycles. The number of hydrogen-bond donors (Lipinski definition) is 1. The molecule has 4 rings (SSSR count). The van der Waals surface area contributed by atoms with Crippen molar-refractivity contribution < 1.29 is 13.6 Å². The predicted octanol–water partition coefficient (Wildman–Crippen LogP) is 3.62. The summed E-state index contributed by atoms with van der Waals surface area (Å²) < 4.78 is 19.9. The van der Waals surface area contributed by atoms with Gasteiger partial charge in [0.05, 0.1) is 11.2 Å². The monoisotopic (exact) mass is 391 g/mol. The van der Waals surface area contributed by atoms with Gasteiger partial charge in [0.1, 0.15) is 11.5 Å². The predicted molar refractivity (Wildman–Crippen MR) is 92.8 cm³/mol. The van der Waals surface area contributed by atoms with Gasteiger partial charge in [-0.05, 0) is 28.1 Å². The Morgan fingerprint density at radius 2 is 1.92 bits per heavy atom. The maximum absolute atomic E-state index is 13.9. The van der Waals surface area contributed by atoms with Crippen molar-refractivity contribution in [2.45, 2.75) is 0 Å². The van der Waals surface area contributed by atoms with E-state index in [9.17, 15) is 9.18 Å². The van der Waals surface area contributed by atoms with E-state index in [4.69, 9.17) is 4.42 Å². The van der Waals surface area contributed by atoms with Crippen molar-refractivity contribution in [3.63, 3.8) is 0 Å². The molecular formula is C17H15BrFN3O2. The molecule has 3 aromatic rings. The molecule has 1 fully saturated rings. The van der Waals surface area contributed by atoms with E-state index in [0.717, 1.165) is 5.52 Å². The summed E-state index contributed by atoms with van der Waals surface area (Å²) in [6.07, 6.45) is 0. The van der Waals surface area contributed by atoms with Crippen LogP contribution in [0.1, 0.15) is 10.5 Å². The molecule has 0 unspecified atom stereocenters. The molecule has 24 heavy (non-hydrogen) atoms. The summed E-state index contributed by atoms with van der Waals surface area (Å²) in [5.41, 5.74) is 2.54. The van der Waals surface area contributed by atoms with Crippen molar-refractivity contribution in [3.05, 3.63) is 52.6 Å². The second kappa shape index (κ2) is 5.98. The van der Waals surface area contributed by atoms with Gasteiger partial charge in [-0.15, -0.1) is 0 Å². The number of anilines is 1. The fourth-order valence-electron chi connectivity index (χ4n) is 3.04. The van der Waals surface area contributed by atoms with Crippen LogP contribution in [0.5, 0.6) is 0 Å². The lowest BCUT2D eigenvalue weighted by Crippen LogP contribution is -2.49. The highest BCUT2D eigenvalue weighted by Gasteiger charge is 2.25. The van der Waals surface area contributed by atoms with Crippen LogP contribution in [-0.2, 0) is 0 Å². The van der Waals surface area contributed by atoms with Gasteiger partial charge >= 0.3 is 0 Å². The zero-order valence-electron chi connectivity index (χ0n) is 12.8. The summed E-state index contributed by atoms with van der Waals surface area (Å²) in [4.78, 5) is 19.4. The minimum atomic E-state index is -0.229. The fourth-order valence-corrected chi connectivity index (χ4v) is 3.44. The first-order valence-corrected chi connectivity index (χ1v) is 8.48. The number of nitrogens with one attached hydrogen (secondary N) is 1. The molecule has 1 amide bonds. The van der Waals surface area contributed by atoms with E-state index in [2.05, 4.69) is 20.9 Å². The van der Waals surface area contributed by atoms with Gasteiger partial charge in [-0.3, -0.25) is 4.79 Å². The Kier molecular flexibility index (Phi) is 3.80. The number of benzene rings is 1. The number of carbonyl (C=O) groups excluding carboxylic acids is 1. The Hall–Kier alpha value is -2.28. The molecule has 0 bridgehead atoms. The fraction of sp³-hybridized carbons (Fsp3) is 0.235. The lowest BCUT2D eigenvalue weighted by atomic mass is 10.2. The highest BCUT2D eigenvalue weighted by atomic mass is 79.9. The molecule has 1 saturated heterocycles. The number of para-hydroxylation sites is 1. The van der Waals surface area contributed by atoms with Crippen molar-refractivity contribution in [1.82, 2.24) is 9.88 Å². The number of hydrogen-bond acceptors (Lipinski definition) is 3. The molecular weight excluding hydrogens is 377 g/mol. The third-order valence-corrected chi connectivity index (χ3v) is 4.66. The highest BCUT2D eigenvalue weighted by Crippen LogP contribution is 2.25. The van der Waals surface area contributed by atoms with Gasteiger partial charge in [0.25, 0.3) is 5.91 Å². The van der Waals surface area contributed by atoms with E-state index in [0.29, 0.717) is 47.8 Å². The lowest BCUT2D eigenvalue weighted by Gasteiger charge is -2.36. The first-order valence-electron chi connectivity index (χ1n) is 7.68. The summed E-state index contributed by atoms with van der Waals surface area (Å²) in [5.74, 6) is -0.293. The number of aromatic nitrogens is 1. The molecule has 0 saturated carbocycles. The van der Waals surface area contributed by atoms with Gasteiger partial charge in [0.2, 0.25) is 0 Å². The van der Waals surface area contributed by atoms with Gasteiger partial charge in [-0.25, -0.2) is 4.39 Å². The summed E-state index contributed by atoms with van der Waals surface area (Å²) >= 11 is 3.26. The first-order chi connectivity index (χ1) is 11.6. The molecule has 1 aromatic carbocycles. The van der Waals surface area contributed by atoms with Crippen molar-refractivity contribution in [2.24, 2.45) is 0 Å². The molecule has 1 aliphatic heterocycles. The van der Waals surface area contributed by atoms with E-state index in [1.807, 2.05) is 11.0 Å². The zero-order valence-corrected chi connectivity index (χ0v) is 14.3. The number of piperazine rings is 1. The first kappa shape index (κ1) is 15.3. The Labute approximate surface area is 146 Å². The molecule has 3 heterocycles. The topological polar surface area (TPSA) is 52.5 Å². The number of aromatic amines is 1. The summed E-state index contributed by atoms with van der Waals surface area (Å²) in [5, 5.41) is 0. The number of furan rings is 1. The molecule has 1 aliphatic rings. The second-order valence-corrected chi connectivity index (χ2v) is 6.52. The molecule has 7 heteroatoms. The number of nitrogens with zero attached hydrogens (tertiary/aromatic N) is 2. The van der Waals surface area contributed by atoms with Crippen LogP contribution in [0.25, 0.3) is 11.1 Å². The third kappa shape index (κ3) is 2.69. The van der Waals surface area contributed by atoms with E-state index in [1.165, 1.54) is 6.07 Å². The normalized spacial score (nSPS) is 15.2. The van der Waals surface area contributed by atoms with Crippen LogP contribution < -0.4 is 4.90 Å². The smallest absolute Gasteiger partial charge is 0.270 e. The number of amides is 1. The van der Waals surface area contributed by atoms with Crippen molar-refractivity contribution in [3.8, 4) is 0 Å². The van der Waals surface area contributed by atoms with Crippen molar-refractivity contribution in [1.29, 1.82) is 0 Å². The Morgan fingerprint density at radius 1 is 1.17 bits per heavy atom. The van der Waals surface area contributed by atoms with E-state index in [-0.39, 0.29) is 11.7 Å². The van der Waals surface area contributed by atoms with Gasteiger partial charge in [-0.2, -0.15) is 0 Å². The summed E-state index contributed by atoms with van der Waals surface area (Å²) in [7, 11) is 0. The zero-order chi connectivity index (χ0) is 16.7. The van der Waals surface area contributed by atoms with Crippen LogP contribution in [0.3, 0.4) is 0 Å². The van der Waals surface area contributed by atoms with Crippen LogP contribution in [0.2, 0.25) is 0 Å². The molecule has 0 atom stereocenters. The standard InChI is InChI=1S/C17H15BrFN3O2/c18-16-10-12-15(24-16)9-13(20-12)17(23)22-7-5-21(6-8-22)14-4-2-1-3-11(14)19/h1-4,9-10,20H,5-8H2. The molecule has 0 aliphatic carbocycles. The minimum absolute atomic E-state index is 0.0642. The van der Waals surface area contributed by atoms with Crippen molar-refractivity contribution in [2.75, 3.05) is 31.1 Å². The van der Waals surface area contributed by atoms with E-state index in [1.54, 1.807) is 29.2 Å². The number of fused-ring (bicyclic) bond motifs is 1. The average Bonchev–Trinajstić information content (AvgIpc) is 3.12. The second-order valence-electron chi connectivity index (χ2n) is 5.74. The average molecular weight is 392 g/mol. The van der Waals surface area contributed by atoms with Crippen LogP contribution in [0.15, 0.2) is 45.5 Å². The van der Waals surface area contributed by atoms with Gasteiger partial charge in [-0.1, -0.05) is 12.1 Å². The van der Waals surface area contributed by atoms with Gasteiger partial charge in [0.15, 0.2) is 10.3 Å². The SMILES string of the molecule is O=C(c1cc2oc(Br)cc2[nH]1)N1CCN(c2ccccc2F)CC1. The maximum Gasteiger partial charge on any atom is 0.270 e. The van der Waals surface area contributed by atoms with Crippen LogP contribution >= 0.6 is 15.9 Å². The quantitative estimate of drug-likeness (QED) is 0.725. The third-order valence-electron chi connectivity index (χ3n) is 4.27. The molecule has 124 valence electrons. The summed E-state index contributed by atoms with van der Waals surface area (Å²) in [6.45, 7) is 2.32. The molecule has 5 nitrogen and oxygen atoms in total. The van der Waals surface area contributed by atoms with Gasteiger partial charge in [0, 0.05) is 38.3 Å². The molecule has 1 N–H and O–H groups in total. The summed E-state index contributed by atoms with van der Waals surface area (Å²) in [6, 6.07) is 10.2. The number of rotatable bonds is 2. The molecule has 0 radical (unpaired) electrons. The number of carbonyl (C=O) groups is 1. The van der Waals surface area contributed by atoms with Crippen LogP contribution in [-0.4, -0.2) is 42.0 Å². The largest absolute Gasteiger partial charge is 0.448 e. The maximum atomic E-state index is 13.9. The number of H-pyrrole nitrogens is 1. The van der Waals surface area contributed by atoms with E-state index >= 15 is 0 Å². The van der Waals surface area contributed by atoms with Crippen LogP contribution in [0, 0.1) is 5.82 Å². The van der Waals surface area contributed by atoms with Crippen molar-refractivity contribution >= 4 is 38.6 Å². The Bertz CT molecular complexity index is 865. The van der Waals surface area contributed by atoms with Gasteiger partial charge < -0.3 is 19.2 Å². The minimum Gasteiger partial charge on any atom is -0.448 e. The van der Waals surface area contributed by atoms with E-state index < -0.39 is 0 Å². The lowest BCUT2D eigenvalue weighted by molar-refractivity contribution is 0.0741. The van der Waals surface area contributed by atoms with Crippen LogP contribution in [0.4, 0.5) is 10.1 Å².